The molecule has 0 aromatic heterocycles. The van der Waals surface area contributed by atoms with Gasteiger partial charge in [-0.2, -0.15) is 0 Å². The molecule has 0 N–H and O–H groups in total. The Labute approximate surface area is 230 Å². The number of anilines is 1. The maximum Gasteiger partial charge on any atom is 0.264 e. The van der Waals surface area contributed by atoms with Gasteiger partial charge in [-0.05, 0) is 94.1 Å². The van der Waals surface area contributed by atoms with Gasteiger partial charge < -0.3 is 4.90 Å². The largest absolute Gasteiger partial charge is 0.303 e. The molecule has 0 spiro atoms. The normalized spacial score (nSPS) is 18.2. The highest BCUT2D eigenvalue weighted by Gasteiger charge is 2.31. The summed E-state index contributed by atoms with van der Waals surface area (Å²) in [6.45, 7) is 4.48. The van der Waals surface area contributed by atoms with E-state index < -0.39 is 19.9 Å². The van der Waals surface area contributed by atoms with Crippen molar-refractivity contribution in [2.24, 2.45) is 5.92 Å². The number of benzene rings is 2. The van der Waals surface area contributed by atoms with Gasteiger partial charge in [0.05, 0.1) is 21.4 Å². The Bertz CT molecular complexity index is 1240. The Morgan fingerprint density at radius 1 is 1.00 bits per heavy atom. The highest BCUT2D eigenvalue weighted by Crippen LogP contribution is 2.35. The van der Waals surface area contributed by atoms with E-state index in [1.165, 1.54) is 22.7 Å². The molecule has 2 unspecified atom stereocenters. The van der Waals surface area contributed by atoms with Gasteiger partial charge in [-0.25, -0.2) is 16.8 Å². The van der Waals surface area contributed by atoms with Gasteiger partial charge in [0.25, 0.3) is 10.0 Å². The number of unbranched alkanes of at least 4 members (excludes halogenated alkanes) is 1. The van der Waals surface area contributed by atoms with Crippen molar-refractivity contribution in [2.75, 3.05) is 35.9 Å². The number of sulfone groups is 1. The molecule has 11 heteroatoms. The summed E-state index contributed by atoms with van der Waals surface area (Å²) in [7, 11) is -6.91. The summed E-state index contributed by atoms with van der Waals surface area (Å²) in [5.41, 5.74) is 0.339. The van der Waals surface area contributed by atoms with Crippen LogP contribution in [0.5, 0.6) is 0 Å². The lowest BCUT2D eigenvalue weighted by Crippen LogP contribution is -2.40. The molecule has 1 aliphatic heterocycles. The van der Waals surface area contributed by atoms with Crippen LogP contribution in [0.3, 0.4) is 0 Å². The van der Waals surface area contributed by atoms with E-state index in [0.29, 0.717) is 27.2 Å². The van der Waals surface area contributed by atoms with E-state index in [9.17, 15) is 16.8 Å². The van der Waals surface area contributed by atoms with E-state index in [0.717, 1.165) is 45.3 Å². The molecule has 1 fully saturated rings. The topological polar surface area (TPSA) is 74.8 Å². The lowest BCUT2D eigenvalue weighted by atomic mass is 9.99. The highest BCUT2D eigenvalue weighted by molar-refractivity contribution is 7.93. The summed E-state index contributed by atoms with van der Waals surface area (Å²) in [5, 5.41) is 1.14. The van der Waals surface area contributed by atoms with Crippen molar-refractivity contribution in [3.8, 4) is 0 Å². The zero-order chi connectivity index (χ0) is 26.5. The number of nitrogens with zero attached hydrogens (tertiary/aromatic N) is 2. The minimum atomic E-state index is -3.93. The molecule has 0 bridgehead atoms. The third-order valence-electron chi connectivity index (χ3n) is 6.40. The maximum absolute atomic E-state index is 13.7. The molecule has 36 heavy (non-hydrogen) atoms. The second kappa shape index (κ2) is 12.7. The fourth-order valence-corrected chi connectivity index (χ4v) is 8.17. The Kier molecular flexibility index (Phi) is 10.4. The molecule has 6 nitrogen and oxygen atoms in total. The lowest BCUT2D eigenvalue weighted by molar-refractivity contribution is 0.181. The third kappa shape index (κ3) is 8.23. The van der Waals surface area contributed by atoms with E-state index >= 15 is 0 Å². The summed E-state index contributed by atoms with van der Waals surface area (Å²) in [4.78, 5) is 2.44. The van der Waals surface area contributed by atoms with Gasteiger partial charge in [-0.15, -0.1) is 0 Å². The van der Waals surface area contributed by atoms with Gasteiger partial charge in [0, 0.05) is 28.9 Å². The molecule has 2 aromatic rings. The van der Waals surface area contributed by atoms with Crippen molar-refractivity contribution in [1.29, 1.82) is 0 Å². The fourth-order valence-electron chi connectivity index (χ4n) is 4.79. The van der Waals surface area contributed by atoms with E-state index in [4.69, 9.17) is 34.8 Å². The first-order valence-corrected chi connectivity index (χ1v) is 16.7. The van der Waals surface area contributed by atoms with Crippen molar-refractivity contribution in [3.63, 3.8) is 0 Å². The van der Waals surface area contributed by atoms with Gasteiger partial charge >= 0.3 is 0 Å². The molecule has 2 atom stereocenters. The molecule has 1 heterocycles. The zero-order valence-electron chi connectivity index (χ0n) is 20.5. The number of sulfonamides is 1. The van der Waals surface area contributed by atoms with E-state index in [1.807, 2.05) is 6.92 Å². The van der Waals surface area contributed by atoms with Crippen LogP contribution in [0.2, 0.25) is 15.1 Å². The first-order chi connectivity index (χ1) is 16.9. The average molecular weight is 596 g/mol. The van der Waals surface area contributed by atoms with Crippen molar-refractivity contribution < 1.29 is 16.8 Å². The van der Waals surface area contributed by atoms with Crippen LogP contribution in [0.4, 0.5) is 5.69 Å². The van der Waals surface area contributed by atoms with Gasteiger partial charge in [-0.3, -0.25) is 4.31 Å². The van der Waals surface area contributed by atoms with Crippen molar-refractivity contribution >= 4 is 60.4 Å². The Morgan fingerprint density at radius 2 is 1.67 bits per heavy atom. The Hall–Kier alpha value is -1.03. The smallest absolute Gasteiger partial charge is 0.264 e. The van der Waals surface area contributed by atoms with Gasteiger partial charge in [-0.1, -0.05) is 41.2 Å². The number of hydrogen-bond acceptors (Lipinski definition) is 5. The summed E-state index contributed by atoms with van der Waals surface area (Å²) in [5.74, 6) is 0.413. The minimum Gasteiger partial charge on any atom is -0.303 e. The molecule has 200 valence electrons. The van der Waals surface area contributed by atoms with Gasteiger partial charge in [0.1, 0.15) is 9.84 Å². The van der Waals surface area contributed by atoms with Crippen LogP contribution in [0.15, 0.2) is 47.4 Å². The minimum absolute atomic E-state index is 0.125. The SMILES string of the molecule is CC(CCCCN1CCCC(CS(C)(=O)=O)C1)N(c1cc(Cl)ccc1Cl)S(=O)(=O)c1ccc(Cl)cc1. The van der Waals surface area contributed by atoms with Crippen LogP contribution >= 0.6 is 34.8 Å². The maximum atomic E-state index is 13.7. The first-order valence-electron chi connectivity index (χ1n) is 12.0. The average Bonchev–Trinajstić information content (AvgIpc) is 2.78. The van der Waals surface area contributed by atoms with E-state index in [1.54, 1.807) is 30.3 Å². The van der Waals surface area contributed by atoms with Gasteiger partial charge in [0.2, 0.25) is 0 Å². The van der Waals surface area contributed by atoms with Crippen molar-refractivity contribution in [1.82, 2.24) is 4.90 Å². The lowest BCUT2D eigenvalue weighted by Gasteiger charge is -2.33. The highest BCUT2D eigenvalue weighted by atomic mass is 35.5. The Balaban J connectivity index is 1.70. The van der Waals surface area contributed by atoms with Crippen LogP contribution in [-0.2, 0) is 19.9 Å². The number of halogens is 3. The number of hydrogen-bond donors (Lipinski definition) is 0. The molecule has 0 aliphatic carbocycles. The molecule has 0 amide bonds. The van der Waals surface area contributed by atoms with Crippen molar-refractivity contribution in [2.45, 2.75) is 50.0 Å². The molecule has 2 aromatic carbocycles. The number of piperidine rings is 1. The predicted octanol–water partition coefficient (Wildman–Crippen LogP) is 6.16. The predicted molar refractivity (Wildman–Crippen MR) is 150 cm³/mol. The standard InChI is InChI=1S/C25H33Cl3N2O4S2/c1-19(6-3-4-14-29-15-5-7-20(17-29)18-35(2,31)32)30(25-16-22(27)10-13-24(25)28)36(33,34)23-11-8-21(26)9-12-23/h8-13,16,19-20H,3-7,14-15,17-18H2,1-2H3. The zero-order valence-corrected chi connectivity index (χ0v) is 24.4. The second-order valence-electron chi connectivity index (χ2n) is 9.60. The van der Waals surface area contributed by atoms with Crippen molar-refractivity contribution in [3.05, 3.63) is 57.5 Å². The molecular formula is C25H33Cl3N2O4S2. The molecule has 0 saturated carbocycles. The van der Waals surface area contributed by atoms with Crippen LogP contribution < -0.4 is 4.31 Å². The number of rotatable bonds is 11. The van der Waals surface area contributed by atoms with Gasteiger partial charge in [0.15, 0.2) is 0 Å². The summed E-state index contributed by atoms with van der Waals surface area (Å²) in [6, 6.07) is 10.5. The third-order valence-corrected chi connectivity index (χ3v) is 10.2. The second-order valence-corrected chi connectivity index (χ2v) is 14.9. The summed E-state index contributed by atoms with van der Waals surface area (Å²) in [6.07, 6.45) is 5.54. The van der Waals surface area contributed by atoms with Crippen LogP contribution in [-0.4, -0.2) is 59.4 Å². The van der Waals surface area contributed by atoms with Crippen LogP contribution in [0, 0.1) is 5.92 Å². The molecule has 1 aliphatic rings. The van der Waals surface area contributed by atoms with E-state index in [2.05, 4.69) is 4.90 Å². The molecule has 1 saturated heterocycles. The summed E-state index contributed by atoms with van der Waals surface area (Å²) >= 11 is 18.6. The molecule has 0 radical (unpaired) electrons. The molecule has 3 rings (SSSR count). The van der Waals surface area contributed by atoms with Crippen LogP contribution in [0.25, 0.3) is 0 Å². The Morgan fingerprint density at radius 3 is 2.33 bits per heavy atom. The van der Waals surface area contributed by atoms with Crippen LogP contribution in [0.1, 0.15) is 39.0 Å². The fraction of sp³-hybridized carbons (Fsp3) is 0.520. The molecular weight excluding hydrogens is 563 g/mol. The quantitative estimate of drug-likeness (QED) is 0.291. The first kappa shape index (κ1) is 29.5. The van der Waals surface area contributed by atoms with E-state index in [-0.39, 0.29) is 22.6 Å². The monoisotopic (exact) mass is 594 g/mol. The number of likely N-dealkylation sites (tertiary alicyclic amines) is 1. The summed E-state index contributed by atoms with van der Waals surface area (Å²) < 4.78 is 52.1.